The average Bonchev–Trinajstić information content (AvgIpc) is 3.09. The van der Waals surface area contributed by atoms with Gasteiger partial charge in [-0.05, 0) is 56.2 Å². The summed E-state index contributed by atoms with van der Waals surface area (Å²) in [6, 6.07) is 7.92. The van der Waals surface area contributed by atoms with Crippen LogP contribution in [0.15, 0.2) is 36.4 Å². The van der Waals surface area contributed by atoms with Crippen LogP contribution in [0, 0.1) is 24.7 Å². The number of hydrogen-bond donors (Lipinski definition) is 2. The van der Waals surface area contributed by atoms with Crippen molar-refractivity contribution < 1.29 is 9.84 Å². The van der Waals surface area contributed by atoms with Gasteiger partial charge in [0.15, 0.2) is 0 Å². The molecular weight excluding hydrogens is 262 g/mol. The Morgan fingerprint density at radius 3 is 2.71 bits per heavy atom. The normalized spacial score (nSPS) is 28.0. The molecule has 114 valence electrons. The Morgan fingerprint density at radius 1 is 1.24 bits per heavy atom. The number of ether oxygens (including phenoxy) is 1. The highest BCUT2D eigenvalue weighted by atomic mass is 16.5. The predicted molar refractivity (Wildman–Crippen MR) is 84.4 cm³/mol. The summed E-state index contributed by atoms with van der Waals surface area (Å²) in [5.41, 5.74) is 1.21. The summed E-state index contributed by atoms with van der Waals surface area (Å²) in [6.07, 6.45) is 6.93. The maximum absolute atomic E-state index is 9.97. The van der Waals surface area contributed by atoms with Crippen LogP contribution in [0.3, 0.4) is 0 Å². The molecule has 0 heterocycles. The van der Waals surface area contributed by atoms with Crippen LogP contribution in [-0.4, -0.2) is 30.9 Å². The van der Waals surface area contributed by atoms with Crippen molar-refractivity contribution in [1.82, 2.24) is 5.32 Å². The standard InChI is InChI=1S/C18H25NO2/c1-13-2-6-18(7-3-13)21-12-17(20)11-19-10-16-9-14-4-5-15(16)8-14/h2-7,14-17,19-20H,8-12H2,1H3/t14-,15-,16-,17-/m0/s1. The van der Waals surface area contributed by atoms with E-state index in [1.807, 2.05) is 31.2 Å². The van der Waals surface area contributed by atoms with Gasteiger partial charge in [0, 0.05) is 6.54 Å². The first-order chi connectivity index (χ1) is 10.2. The zero-order valence-corrected chi connectivity index (χ0v) is 12.7. The van der Waals surface area contributed by atoms with Crippen molar-refractivity contribution in [2.45, 2.75) is 25.9 Å². The number of aliphatic hydroxyl groups excluding tert-OH is 1. The number of allylic oxidation sites excluding steroid dienone is 2. The highest BCUT2D eigenvalue weighted by molar-refractivity contribution is 5.26. The van der Waals surface area contributed by atoms with Crippen molar-refractivity contribution >= 4 is 0 Å². The van der Waals surface area contributed by atoms with Gasteiger partial charge < -0.3 is 15.2 Å². The van der Waals surface area contributed by atoms with E-state index in [1.54, 1.807) is 0 Å². The average molecular weight is 287 g/mol. The van der Waals surface area contributed by atoms with Gasteiger partial charge in [0.25, 0.3) is 0 Å². The third-order valence-electron chi connectivity index (χ3n) is 4.67. The second-order valence-electron chi connectivity index (χ2n) is 6.48. The largest absolute Gasteiger partial charge is 0.491 e. The monoisotopic (exact) mass is 287 g/mol. The van der Waals surface area contributed by atoms with E-state index in [0.29, 0.717) is 13.2 Å². The molecule has 0 amide bonds. The molecule has 3 heteroatoms. The highest BCUT2D eigenvalue weighted by Crippen LogP contribution is 2.42. The lowest BCUT2D eigenvalue weighted by atomic mass is 9.93. The Morgan fingerprint density at radius 2 is 2.05 bits per heavy atom. The second-order valence-corrected chi connectivity index (χ2v) is 6.48. The minimum Gasteiger partial charge on any atom is -0.491 e. The van der Waals surface area contributed by atoms with E-state index in [0.717, 1.165) is 30.0 Å². The number of fused-ring (bicyclic) bond motifs is 2. The third-order valence-corrected chi connectivity index (χ3v) is 4.67. The maximum Gasteiger partial charge on any atom is 0.119 e. The molecule has 0 spiro atoms. The molecule has 4 atom stereocenters. The predicted octanol–water partition coefficient (Wildman–Crippen LogP) is 2.54. The van der Waals surface area contributed by atoms with Gasteiger partial charge in [-0.25, -0.2) is 0 Å². The summed E-state index contributed by atoms with van der Waals surface area (Å²) in [5.74, 6) is 3.16. The number of rotatable bonds is 7. The Kier molecular flexibility index (Phi) is 4.61. The summed E-state index contributed by atoms with van der Waals surface area (Å²) >= 11 is 0. The minimum atomic E-state index is -0.458. The van der Waals surface area contributed by atoms with E-state index in [1.165, 1.54) is 18.4 Å². The van der Waals surface area contributed by atoms with Gasteiger partial charge in [0.1, 0.15) is 18.5 Å². The van der Waals surface area contributed by atoms with Crippen LogP contribution in [0.2, 0.25) is 0 Å². The molecule has 2 bridgehead atoms. The van der Waals surface area contributed by atoms with E-state index in [4.69, 9.17) is 4.74 Å². The minimum absolute atomic E-state index is 0.340. The second kappa shape index (κ2) is 6.63. The molecule has 3 nitrogen and oxygen atoms in total. The van der Waals surface area contributed by atoms with Crippen molar-refractivity contribution in [2.75, 3.05) is 19.7 Å². The maximum atomic E-state index is 9.97. The van der Waals surface area contributed by atoms with E-state index in [2.05, 4.69) is 17.5 Å². The summed E-state index contributed by atoms with van der Waals surface area (Å²) < 4.78 is 5.59. The fraction of sp³-hybridized carbons (Fsp3) is 0.556. The van der Waals surface area contributed by atoms with Gasteiger partial charge in [-0.15, -0.1) is 0 Å². The molecule has 0 aromatic heterocycles. The van der Waals surface area contributed by atoms with E-state index >= 15 is 0 Å². The molecule has 1 aromatic carbocycles. The molecule has 0 unspecified atom stereocenters. The first kappa shape index (κ1) is 14.6. The molecule has 2 aliphatic rings. The first-order valence-electron chi connectivity index (χ1n) is 7.97. The van der Waals surface area contributed by atoms with Crippen molar-refractivity contribution in [3.8, 4) is 5.75 Å². The molecule has 0 radical (unpaired) electrons. The zero-order chi connectivity index (χ0) is 14.7. The van der Waals surface area contributed by atoms with E-state index in [9.17, 15) is 5.11 Å². The van der Waals surface area contributed by atoms with Gasteiger partial charge in [-0.1, -0.05) is 29.8 Å². The lowest BCUT2D eigenvalue weighted by Gasteiger charge is -2.20. The lowest BCUT2D eigenvalue weighted by Crippen LogP contribution is -2.35. The van der Waals surface area contributed by atoms with Crippen LogP contribution < -0.4 is 10.1 Å². The Labute approximate surface area is 127 Å². The fourth-order valence-corrected chi connectivity index (χ4v) is 3.45. The van der Waals surface area contributed by atoms with Crippen molar-refractivity contribution in [3.05, 3.63) is 42.0 Å². The molecule has 3 rings (SSSR count). The molecule has 0 saturated heterocycles. The van der Waals surface area contributed by atoms with Crippen LogP contribution in [0.5, 0.6) is 5.75 Å². The first-order valence-corrected chi connectivity index (χ1v) is 7.97. The number of aryl methyl sites for hydroxylation is 1. The van der Waals surface area contributed by atoms with Crippen molar-refractivity contribution in [2.24, 2.45) is 17.8 Å². The topological polar surface area (TPSA) is 41.5 Å². The van der Waals surface area contributed by atoms with Crippen molar-refractivity contribution in [3.63, 3.8) is 0 Å². The molecular formula is C18H25NO2. The lowest BCUT2D eigenvalue weighted by molar-refractivity contribution is 0.105. The molecule has 2 N–H and O–H groups in total. The summed E-state index contributed by atoms with van der Waals surface area (Å²) in [6.45, 7) is 4.00. The van der Waals surface area contributed by atoms with Crippen LogP contribution in [0.1, 0.15) is 18.4 Å². The highest BCUT2D eigenvalue weighted by Gasteiger charge is 2.34. The van der Waals surface area contributed by atoms with Gasteiger partial charge in [-0.3, -0.25) is 0 Å². The van der Waals surface area contributed by atoms with E-state index in [-0.39, 0.29) is 0 Å². The van der Waals surface area contributed by atoms with Gasteiger partial charge >= 0.3 is 0 Å². The molecule has 0 aliphatic heterocycles. The number of benzene rings is 1. The van der Waals surface area contributed by atoms with Crippen molar-refractivity contribution in [1.29, 1.82) is 0 Å². The quantitative estimate of drug-likeness (QED) is 0.757. The number of hydrogen-bond acceptors (Lipinski definition) is 3. The summed E-state index contributed by atoms with van der Waals surface area (Å²) in [5, 5.41) is 13.4. The molecule has 1 saturated carbocycles. The van der Waals surface area contributed by atoms with Gasteiger partial charge in [0.2, 0.25) is 0 Å². The molecule has 2 aliphatic carbocycles. The van der Waals surface area contributed by atoms with Crippen LogP contribution in [0.4, 0.5) is 0 Å². The molecule has 1 fully saturated rings. The molecule has 21 heavy (non-hydrogen) atoms. The zero-order valence-electron chi connectivity index (χ0n) is 12.7. The molecule has 1 aromatic rings. The van der Waals surface area contributed by atoms with Crippen LogP contribution in [-0.2, 0) is 0 Å². The van der Waals surface area contributed by atoms with Gasteiger partial charge in [-0.2, -0.15) is 0 Å². The summed E-state index contributed by atoms with van der Waals surface area (Å²) in [4.78, 5) is 0. The van der Waals surface area contributed by atoms with Gasteiger partial charge in [0.05, 0.1) is 0 Å². The number of aliphatic hydroxyl groups is 1. The Hall–Kier alpha value is -1.32. The third kappa shape index (κ3) is 3.86. The smallest absolute Gasteiger partial charge is 0.119 e. The van der Waals surface area contributed by atoms with E-state index < -0.39 is 6.10 Å². The Balaban J connectivity index is 1.32. The van der Waals surface area contributed by atoms with Crippen LogP contribution in [0.25, 0.3) is 0 Å². The SMILES string of the molecule is Cc1ccc(OC[C@@H](O)CNC[C@@H]2C[C@H]3C=C[C@H]2C3)cc1. The van der Waals surface area contributed by atoms with Crippen LogP contribution >= 0.6 is 0 Å². The number of nitrogens with one attached hydrogen (secondary N) is 1. The fourth-order valence-electron chi connectivity index (χ4n) is 3.45. The Bertz CT molecular complexity index is 482. The summed E-state index contributed by atoms with van der Waals surface area (Å²) in [7, 11) is 0.